The van der Waals surface area contributed by atoms with Crippen molar-refractivity contribution in [2.24, 2.45) is 0 Å². The van der Waals surface area contributed by atoms with Gasteiger partial charge in [-0.15, -0.1) is 0 Å². The Morgan fingerprint density at radius 3 is 2.29 bits per heavy atom. The summed E-state index contributed by atoms with van der Waals surface area (Å²) in [5.41, 5.74) is 2.57. The maximum Gasteiger partial charge on any atom is 0.310 e. The lowest BCUT2D eigenvalue weighted by Crippen LogP contribution is -2.38. The molecule has 6 nitrogen and oxygen atoms in total. The fraction of sp³-hybridized carbons (Fsp3) is 0.435. The van der Waals surface area contributed by atoms with Gasteiger partial charge in [0.1, 0.15) is 10.7 Å². The number of ether oxygens (including phenoxy) is 1. The molecule has 5 rings (SSSR count). The predicted molar refractivity (Wildman–Crippen MR) is 122 cm³/mol. The van der Waals surface area contributed by atoms with Crippen molar-refractivity contribution >= 4 is 27.3 Å². The number of benzene rings is 1. The number of nitrogens with zero attached hydrogens (tertiary/aromatic N) is 3. The SMILES string of the molecule is COC1CC(c2nc3nccc(C4CCN(C(=O)c5ccc(S(F)(F)(F)(F)F)cc5)CC4)c3[nH]2)C1. The number of hydrogen-bond acceptors (Lipinski definition) is 4. The van der Waals surface area contributed by atoms with Crippen molar-refractivity contribution in [3.05, 3.63) is 53.5 Å². The third-order valence-corrected chi connectivity index (χ3v) is 8.19. The fourth-order valence-corrected chi connectivity index (χ4v) is 5.54. The van der Waals surface area contributed by atoms with E-state index in [9.17, 15) is 24.2 Å². The van der Waals surface area contributed by atoms with Crippen LogP contribution >= 0.6 is 10.2 Å². The summed E-state index contributed by atoms with van der Waals surface area (Å²) < 4.78 is 70.1. The van der Waals surface area contributed by atoms with E-state index in [1.165, 1.54) is 0 Å². The van der Waals surface area contributed by atoms with Crippen LogP contribution in [0.5, 0.6) is 0 Å². The van der Waals surface area contributed by atoms with E-state index in [1.807, 2.05) is 6.07 Å². The zero-order valence-electron chi connectivity index (χ0n) is 18.9. The summed E-state index contributed by atoms with van der Waals surface area (Å²) in [7, 11) is -8.06. The molecule has 12 heteroatoms. The Hall–Kier alpha value is -2.73. The fourth-order valence-electron chi connectivity index (χ4n) is 4.89. The zero-order valence-corrected chi connectivity index (χ0v) is 19.7. The van der Waals surface area contributed by atoms with E-state index in [1.54, 1.807) is 18.2 Å². The number of aromatic amines is 1. The van der Waals surface area contributed by atoms with Crippen LogP contribution in [0.2, 0.25) is 0 Å². The van der Waals surface area contributed by atoms with E-state index in [-0.39, 0.29) is 29.7 Å². The number of likely N-dealkylation sites (tertiary alicyclic amines) is 1. The zero-order chi connectivity index (χ0) is 25.1. The first kappa shape index (κ1) is 24.0. The van der Waals surface area contributed by atoms with E-state index in [0.717, 1.165) is 41.9 Å². The van der Waals surface area contributed by atoms with Gasteiger partial charge in [-0.1, -0.05) is 19.4 Å². The number of imidazole rings is 1. The van der Waals surface area contributed by atoms with Crippen molar-refractivity contribution in [3.8, 4) is 0 Å². The average Bonchev–Trinajstić information content (AvgIpc) is 3.20. The topological polar surface area (TPSA) is 71.1 Å². The molecule has 35 heavy (non-hydrogen) atoms. The van der Waals surface area contributed by atoms with Crippen molar-refractivity contribution in [1.29, 1.82) is 0 Å². The molecule has 0 radical (unpaired) electrons. The molecule has 1 N–H and O–H groups in total. The van der Waals surface area contributed by atoms with Crippen LogP contribution in [0.3, 0.4) is 0 Å². The van der Waals surface area contributed by atoms with Gasteiger partial charge < -0.3 is 14.6 Å². The maximum absolute atomic E-state index is 12.9. The van der Waals surface area contributed by atoms with E-state index >= 15 is 0 Å². The third-order valence-electron chi connectivity index (χ3n) is 7.03. The maximum atomic E-state index is 12.9. The van der Waals surface area contributed by atoms with Crippen LogP contribution in [0.4, 0.5) is 19.4 Å². The molecule has 0 bridgehead atoms. The highest BCUT2D eigenvalue weighted by Crippen LogP contribution is 3.02. The minimum atomic E-state index is -9.76. The first-order valence-corrected chi connectivity index (χ1v) is 13.3. The van der Waals surface area contributed by atoms with Gasteiger partial charge in [-0.25, -0.2) is 9.97 Å². The summed E-state index contributed by atoms with van der Waals surface area (Å²) in [6.45, 7) is 0.797. The van der Waals surface area contributed by atoms with Gasteiger partial charge in [-0.2, -0.15) is 0 Å². The second kappa shape index (κ2) is 7.63. The van der Waals surface area contributed by atoms with Crippen LogP contribution in [0, 0.1) is 0 Å². The number of amides is 1. The highest BCUT2D eigenvalue weighted by atomic mass is 32.5. The molecule has 190 valence electrons. The highest BCUT2D eigenvalue weighted by Gasteiger charge is 2.65. The second-order valence-corrected chi connectivity index (χ2v) is 11.7. The van der Waals surface area contributed by atoms with Crippen molar-refractivity contribution in [2.45, 2.75) is 48.5 Å². The van der Waals surface area contributed by atoms with Crippen LogP contribution in [0.1, 0.15) is 59.3 Å². The summed E-state index contributed by atoms with van der Waals surface area (Å²) >= 11 is 0. The van der Waals surface area contributed by atoms with Gasteiger partial charge in [0.25, 0.3) is 5.91 Å². The number of pyridine rings is 1. The molecule has 3 aromatic rings. The molecule has 2 aliphatic rings. The molecule has 3 heterocycles. The normalized spacial score (nSPS) is 23.5. The lowest BCUT2D eigenvalue weighted by molar-refractivity contribution is 0.0239. The van der Waals surface area contributed by atoms with Crippen LogP contribution in [0.15, 0.2) is 41.4 Å². The molecule has 1 aromatic carbocycles. The average molecular weight is 517 g/mol. The Balaban J connectivity index is 1.27. The number of H-pyrrole nitrogens is 1. The predicted octanol–water partition coefficient (Wildman–Crippen LogP) is 6.53. The largest absolute Gasteiger partial charge is 0.381 e. The minimum Gasteiger partial charge on any atom is -0.381 e. The molecule has 1 aliphatic heterocycles. The molecule has 0 unspecified atom stereocenters. The summed E-state index contributed by atoms with van der Waals surface area (Å²) in [4.78, 5) is 24.8. The lowest BCUT2D eigenvalue weighted by Gasteiger charge is -2.40. The van der Waals surface area contributed by atoms with Crippen LogP contribution in [0.25, 0.3) is 11.2 Å². The minimum absolute atomic E-state index is 0.0478. The van der Waals surface area contributed by atoms with Crippen molar-refractivity contribution in [3.63, 3.8) is 0 Å². The van der Waals surface area contributed by atoms with E-state index in [0.29, 0.717) is 37.5 Å². The molecule has 2 aromatic heterocycles. The number of fused-ring (bicyclic) bond motifs is 1. The Morgan fingerprint density at radius 2 is 1.69 bits per heavy atom. The van der Waals surface area contributed by atoms with Gasteiger partial charge in [0.15, 0.2) is 5.65 Å². The number of aromatic nitrogens is 3. The van der Waals surface area contributed by atoms with Gasteiger partial charge >= 0.3 is 10.2 Å². The molecular formula is C23H25F5N4O2S. The molecule has 1 saturated carbocycles. The van der Waals surface area contributed by atoms with Gasteiger partial charge in [-0.05, 0) is 67.5 Å². The Morgan fingerprint density at radius 1 is 1.03 bits per heavy atom. The van der Waals surface area contributed by atoms with Crippen LogP contribution in [-0.2, 0) is 4.74 Å². The standard InChI is InChI=1S/C23H25F5N4O2S/c1-34-17-12-16(13-17)21-30-20-19(6-9-29-22(20)31-21)14-7-10-32(11-8-14)23(33)15-2-4-18(5-3-15)35(24,25,26,27)28/h2-6,9,14,16-17H,7-8,10-13H2,1H3,(H,29,30,31). The van der Waals surface area contributed by atoms with Crippen molar-refractivity contribution < 1.29 is 29.0 Å². The summed E-state index contributed by atoms with van der Waals surface area (Å²) in [5.74, 6) is 0.892. The number of carbonyl (C=O) groups is 1. The second-order valence-electron chi connectivity index (χ2n) is 9.31. The Labute approximate surface area is 198 Å². The number of carbonyl (C=O) groups excluding carboxylic acids is 1. The van der Waals surface area contributed by atoms with Gasteiger partial charge in [0.05, 0.1) is 11.6 Å². The monoisotopic (exact) mass is 516 g/mol. The summed E-state index contributed by atoms with van der Waals surface area (Å²) in [5, 5.41) is 0. The van der Waals surface area contributed by atoms with Crippen molar-refractivity contribution in [1.82, 2.24) is 19.9 Å². The van der Waals surface area contributed by atoms with Crippen LogP contribution < -0.4 is 0 Å². The Bertz CT molecular complexity index is 1270. The first-order chi connectivity index (χ1) is 16.3. The van der Waals surface area contributed by atoms with E-state index < -0.39 is 21.0 Å². The number of halogens is 5. The first-order valence-electron chi connectivity index (χ1n) is 11.3. The molecule has 1 amide bonds. The third kappa shape index (κ3) is 4.73. The van der Waals surface area contributed by atoms with Crippen LogP contribution in [-0.4, -0.2) is 52.1 Å². The number of hydrogen-bond donors (Lipinski definition) is 1. The quantitative estimate of drug-likeness (QED) is 0.392. The smallest absolute Gasteiger partial charge is 0.310 e. The van der Waals surface area contributed by atoms with Crippen molar-refractivity contribution in [2.75, 3.05) is 20.2 Å². The lowest BCUT2D eigenvalue weighted by atomic mass is 9.82. The van der Waals surface area contributed by atoms with E-state index in [2.05, 4.69) is 15.0 Å². The molecule has 0 spiro atoms. The summed E-state index contributed by atoms with van der Waals surface area (Å²) in [6.07, 6.45) is 5.10. The van der Waals surface area contributed by atoms with Gasteiger partial charge in [0.2, 0.25) is 0 Å². The number of piperidine rings is 1. The highest BCUT2D eigenvalue weighted by molar-refractivity contribution is 8.45. The number of rotatable bonds is 5. The molecule has 1 saturated heterocycles. The van der Waals surface area contributed by atoms with E-state index in [4.69, 9.17) is 4.74 Å². The molecular weight excluding hydrogens is 491 g/mol. The molecule has 1 aliphatic carbocycles. The van der Waals surface area contributed by atoms with Gasteiger partial charge in [-0.3, -0.25) is 4.79 Å². The number of nitrogens with one attached hydrogen (secondary N) is 1. The van der Waals surface area contributed by atoms with Gasteiger partial charge in [0, 0.05) is 37.9 Å². The Kier molecular flexibility index (Phi) is 5.23. The molecule has 0 atom stereocenters. The number of methoxy groups -OCH3 is 1. The summed E-state index contributed by atoms with van der Waals surface area (Å²) in [6, 6.07) is 4.14. The molecule has 2 fully saturated rings.